The van der Waals surface area contributed by atoms with Gasteiger partial charge in [0, 0.05) is 36.3 Å². The molecule has 0 unspecified atom stereocenters. The monoisotopic (exact) mass is 363 g/mol. The summed E-state index contributed by atoms with van der Waals surface area (Å²) in [6.45, 7) is 9.43. The predicted octanol–water partition coefficient (Wildman–Crippen LogP) is 4.00. The minimum atomic E-state index is 0.165. The summed E-state index contributed by atoms with van der Waals surface area (Å²) in [5.74, 6) is 0.873. The van der Waals surface area contributed by atoms with Crippen molar-refractivity contribution in [3.8, 4) is 17.0 Å². The molecule has 1 aromatic carbocycles. The first-order chi connectivity index (χ1) is 10.6. The minimum absolute atomic E-state index is 0.165. The van der Waals surface area contributed by atoms with Crippen LogP contribution in [0.25, 0.3) is 11.3 Å². The van der Waals surface area contributed by atoms with Crippen molar-refractivity contribution in [2.45, 2.75) is 39.8 Å². The van der Waals surface area contributed by atoms with Crippen LogP contribution in [0.5, 0.6) is 5.75 Å². The van der Waals surface area contributed by atoms with Crippen molar-refractivity contribution in [3.05, 3.63) is 33.9 Å². The lowest BCUT2D eigenvalue weighted by molar-refractivity contribution is 0.241. The molecule has 0 atom stereocenters. The Labute approximate surface area is 140 Å². The molecular weight excluding hydrogens is 342 g/mol. The number of rotatable bonds is 4. The smallest absolute Gasteiger partial charge is 0.133 e. The number of aromatic amines is 1. The minimum Gasteiger partial charge on any atom is -0.490 e. The second-order valence-electron chi connectivity index (χ2n) is 5.96. The number of hydrogen-bond acceptors (Lipinski definition) is 3. The first kappa shape index (κ1) is 15.6. The molecule has 2 heterocycles. The second kappa shape index (κ2) is 6.42. The van der Waals surface area contributed by atoms with Crippen LogP contribution in [-0.4, -0.2) is 34.3 Å². The fourth-order valence-electron chi connectivity index (χ4n) is 2.86. The van der Waals surface area contributed by atoms with Gasteiger partial charge in [0.1, 0.15) is 5.75 Å². The Morgan fingerprint density at radius 1 is 1.41 bits per heavy atom. The van der Waals surface area contributed by atoms with E-state index in [1.165, 1.54) is 11.3 Å². The molecule has 0 aliphatic carbocycles. The Kier molecular flexibility index (Phi) is 4.54. The van der Waals surface area contributed by atoms with Crippen molar-refractivity contribution in [3.63, 3.8) is 0 Å². The van der Waals surface area contributed by atoms with Gasteiger partial charge < -0.3 is 4.74 Å². The summed E-state index contributed by atoms with van der Waals surface area (Å²) >= 11 is 3.61. The lowest BCUT2D eigenvalue weighted by atomic mass is 10.0. The molecule has 2 aromatic rings. The maximum absolute atomic E-state index is 5.78. The van der Waals surface area contributed by atoms with Gasteiger partial charge in [0.2, 0.25) is 0 Å². The van der Waals surface area contributed by atoms with Crippen LogP contribution in [0.2, 0.25) is 0 Å². The predicted molar refractivity (Wildman–Crippen MR) is 92.1 cm³/mol. The molecule has 4 nitrogen and oxygen atoms in total. The maximum Gasteiger partial charge on any atom is 0.133 e. The van der Waals surface area contributed by atoms with E-state index in [9.17, 15) is 0 Å². The number of ether oxygens (including phenoxy) is 1. The summed E-state index contributed by atoms with van der Waals surface area (Å²) < 4.78 is 6.75. The Morgan fingerprint density at radius 3 is 2.91 bits per heavy atom. The first-order valence-electron chi connectivity index (χ1n) is 7.83. The highest BCUT2D eigenvalue weighted by Crippen LogP contribution is 2.34. The molecular formula is C17H22BrN3O. The topological polar surface area (TPSA) is 41.2 Å². The van der Waals surface area contributed by atoms with Crippen LogP contribution in [0.1, 0.15) is 32.0 Å². The number of hydrogen-bond donors (Lipinski definition) is 1. The SMILES string of the molecule is CCN1CCc2[nH]nc(-c3ccc(OC(C)C)c(Br)c3)c2C1. The summed E-state index contributed by atoms with van der Waals surface area (Å²) in [6, 6.07) is 6.20. The molecule has 1 N–H and O–H groups in total. The van der Waals surface area contributed by atoms with E-state index in [1.54, 1.807) is 0 Å². The van der Waals surface area contributed by atoms with E-state index < -0.39 is 0 Å². The van der Waals surface area contributed by atoms with Gasteiger partial charge in [-0.25, -0.2) is 0 Å². The summed E-state index contributed by atoms with van der Waals surface area (Å²) in [7, 11) is 0. The van der Waals surface area contributed by atoms with Gasteiger partial charge in [-0.05, 0) is 54.5 Å². The van der Waals surface area contributed by atoms with Gasteiger partial charge in [0.25, 0.3) is 0 Å². The maximum atomic E-state index is 5.78. The number of H-pyrrole nitrogens is 1. The van der Waals surface area contributed by atoms with Crippen molar-refractivity contribution in [1.82, 2.24) is 15.1 Å². The van der Waals surface area contributed by atoms with Gasteiger partial charge in [0.05, 0.1) is 16.3 Å². The van der Waals surface area contributed by atoms with Gasteiger partial charge in [-0.3, -0.25) is 10.00 Å². The number of likely N-dealkylation sites (N-methyl/N-ethyl adjacent to an activating group) is 1. The highest BCUT2D eigenvalue weighted by Gasteiger charge is 2.22. The van der Waals surface area contributed by atoms with E-state index in [-0.39, 0.29) is 6.10 Å². The number of nitrogens with one attached hydrogen (secondary N) is 1. The standard InChI is InChI=1S/C17H22BrN3O/c1-4-21-8-7-15-13(10-21)17(20-19-15)12-5-6-16(14(18)9-12)22-11(2)3/h5-6,9,11H,4,7-8,10H2,1-3H3,(H,19,20). The molecule has 118 valence electrons. The van der Waals surface area contributed by atoms with Crippen molar-refractivity contribution in [2.75, 3.05) is 13.1 Å². The van der Waals surface area contributed by atoms with Crippen LogP contribution in [0, 0.1) is 0 Å². The highest BCUT2D eigenvalue weighted by molar-refractivity contribution is 9.10. The lowest BCUT2D eigenvalue weighted by Crippen LogP contribution is -2.30. The molecule has 0 bridgehead atoms. The van der Waals surface area contributed by atoms with Crippen molar-refractivity contribution >= 4 is 15.9 Å². The molecule has 0 amide bonds. The molecule has 0 saturated carbocycles. The fourth-order valence-corrected chi connectivity index (χ4v) is 3.33. The van der Waals surface area contributed by atoms with Crippen LogP contribution < -0.4 is 4.74 Å². The van der Waals surface area contributed by atoms with Crippen molar-refractivity contribution in [2.24, 2.45) is 0 Å². The van der Waals surface area contributed by atoms with Crippen LogP contribution in [0.3, 0.4) is 0 Å². The van der Waals surface area contributed by atoms with E-state index in [2.05, 4.69) is 50.1 Å². The number of benzene rings is 1. The molecule has 0 spiro atoms. The van der Waals surface area contributed by atoms with Gasteiger partial charge >= 0.3 is 0 Å². The summed E-state index contributed by atoms with van der Waals surface area (Å²) in [5.41, 5.74) is 4.79. The Morgan fingerprint density at radius 2 is 2.23 bits per heavy atom. The largest absolute Gasteiger partial charge is 0.490 e. The number of halogens is 1. The number of nitrogens with zero attached hydrogens (tertiary/aromatic N) is 2. The third kappa shape index (κ3) is 3.06. The van der Waals surface area contributed by atoms with E-state index in [0.717, 1.165) is 47.5 Å². The fraction of sp³-hybridized carbons (Fsp3) is 0.471. The highest BCUT2D eigenvalue weighted by atomic mass is 79.9. The quantitative estimate of drug-likeness (QED) is 0.892. The zero-order chi connectivity index (χ0) is 15.7. The number of fused-ring (bicyclic) bond motifs is 1. The summed E-state index contributed by atoms with van der Waals surface area (Å²) in [6.07, 6.45) is 1.21. The van der Waals surface area contributed by atoms with Crippen LogP contribution in [0.15, 0.2) is 22.7 Å². The van der Waals surface area contributed by atoms with E-state index >= 15 is 0 Å². The van der Waals surface area contributed by atoms with Crippen LogP contribution in [0.4, 0.5) is 0 Å². The molecule has 1 aliphatic rings. The van der Waals surface area contributed by atoms with Gasteiger partial charge in [-0.15, -0.1) is 0 Å². The van der Waals surface area contributed by atoms with Crippen molar-refractivity contribution in [1.29, 1.82) is 0 Å². The Bertz CT molecular complexity index is 666. The van der Waals surface area contributed by atoms with E-state index in [0.29, 0.717) is 0 Å². The summed E-state index contributed by atoms with van der Waals surface area (Å²) in [4.78, 5) is 2.45. The molecule has 22 heavy (non-hydrogen) atoms. The Balaban J connectivity index is 1.92. The lowest BCUT2D eigenvalue weighted by Gasteiger charge is -2.25. The average Bonchev–Trinajstić information content (AvgIpc) is 2.91. The zero-order valence-electron chi connectivity index (χ0n) is 13.3. The molecule has 0 radical (unpaired) electrons. The van der Waals surface area contributed by atoms with E-state index in [1.807, 2.05) is 19.9 Å². The van der Waals surface area contributed by atoms with Crippen molar-refractivity contribution < 1.29 is 4.74 Å². The molecule has 0 fully saturated rings. The van der Waals surface area contributed by atoms with Gasteiger partial charge in [-0.1, -0.05) is 6.92 Å². The molecule has 1 aliphatic heterocycles. The first-order valence-corrected chi connectivity index (χ1v) is 8.62. The van der Waals surface area contributed by atoms with Crippen LogP contribution >= 0.6 is 15.9 Å². The molecule has 1 aromatic heterocycles. The van der Waals surface area contributed by atoms with E-state index in [4.69, 9.17) is 4.74 Å². The Hall–Kier alpha value is -1.33. The van der Waals surface area contributed by atoms with Gasteiger partial charge in [0.15, 0.2) is 0 Å². The third-order valence-electron chi connectivity index (χ3n) is 4.03. The number of aromatic nitrogens is 2. The van der Waals surface area contributed by atoms with Crippen LogP contribution in [-0.2, 0) is 13.0 Å². The van der Waals surface area contributed by atoms with Gasteiger partial charge in [-0.2, -0.15) is 5.10 Å². The normalized spacial score (nSPS) is 15.1. The molecule has 3 rings (SSSR count). The molecule has 5 heteroatoms. The third-order valence-corrected chi connectivity index (χ3v) is 4.65. The summed E-state index contributed by atoms with van der Waals surface area (Å²) in [5, 5.41) is 7.77. The zero-order valence-corrected chi connectivity index (χ0v) is 14.9. The molecule has 0 saturated heterocycles. The average molecular weight is 364 g/mol. The second-order valence-corrected chi connectivity index (χ2v) is 6.81.